The molecule has 0 saturated carbocycles. The van der Waals surface area contributed by atoms with Gasteiger partial charge in [0.05, 0.1) is 12.2 Å². The second-order valence-corrected chi connectivity index (χ2v) is 4.49. The third kappa shape index (κ3) is 3.17. The highest BCUT2D eigenvalue weighted by Gasteiger charge is 2.13. The van der Waals surface area contributed by atoms with E-state index in [1.807, 2.05) is 43.1 Å². The Morgan fingerprint density at radius 2 is 2.11 bits per heavy atom. The van der Waals surface area contributed by atoms with Crippen molar-refractivity contribution in [2.75, 3.05) is 13.6 Å². The Kier molecular flexibility index (Phi) is 3.91. The molecule has 0 aliphatic carbocycles. The molecule has 6 heteroatoms. The molecule has 0 saturated heterocycles. The van der Waals surface area contributed by atoms with Crippen molar-refractivity contribution in [1.82, 2.24) is 19.7 Å². The fraction of sp³-hybridized carbons (Fsp3) is 0.308. The molecule has 100 valence electrons. The van der Waals surface area contributed by atoms with Gasteiger partial charge in [0.1, 0.15) is 12.7 Å². The summed E-state index contributed by atoms with van der Waals surface area (Å²) >= 11 is 0. The van der Waals surface area contributed by atoms with Gasteiger partial charge in [0, 0.05) is 6.04 Å². The largest absolute Gasteiger partial charge is 0.369 e. The third-order valence-electron chi connectivity index (χ3n) is 3.13. The van der Waals surface area contributed by atoms with Gasteiger partial charge in [-0.05, 0) is 31.7 Å². The molecule has 1 heterocycles. The van der Waals surface area contributed by atoms with Gasteiger partial charge in [-0.2, -0.15) is 5.10 Å². The molecule has 2 N–H and O–H groups in total. The minimum Gasteiger partial charge on any atom is -0.369 e. The molecule has 2 rings (SSSR count). The summed E-state index contributed by atoms with van der Waals surface area (Å²) < 4.78 is 1.70. The van der Waals surface area contributed by atoms with Crippen LogP contribution in [0, 0.1) is 0 Å². The second-order valence-electron chi connectivity index (χ2n) is 4.49. The number of hydrogen-bond acceptors (Lipinski definition) is 4. The molecule has 0 bridgehead atoms. The molecule has 0 unspecified atom stereocenters. The first kappa shape index (κ1) is 13.2. The first-order valence-electron chi connectivity index (χ1n) is 6.01. The number of primary amides is 1. The van der Waals surface area contributed by atoms with Crippen molar-refractivity contribution >= 4 is 5.91 Å². The first-order valence-corrected chi connectivity index (χ1v) is 6.01. The molecule has 0 aliphatic heterocycles. The number of hydrogen-bond donors (Lipinski definition) is 1. The molecular weight excluding hydrogens is 242 g/mol. The summed E-state index contributed by atoms with van der Waals surface area (Å²) in [7, 11) is 1.88. The zero-order valence-electron chi connectivity index (χ0n) is 11.0. The van der Waals surface area contributed by atoms with Crippen LogP contribution in [0.25, 0.3) is 5.69 Å². The van der Waals surface area contributed by atoms with Gasteiger partial charge in [-0.1, -0.05) is 12.1 Å². The predicted octanol–water partition coefficient (Wildman–Crippen LogP) is 0.745. The van der Waals surface area contributed by atoms with Crippen molar-refractivity contribution in [3.05, 3.63) is 42.5 Å². The quantitative estimate of drug-likeness (QED) is 0.859. The van der Waals surface area contributed by atoms with E-state index in [9.17, 15) is 4.79 Å². The highest BCUT2D eigenvalue weighted by molar-refractivity contribution is 5.75. The van der Waals surface area contributed by atoms with Gasteiger partial charge in [0.25, 0.3) is 0 Å². The summed E-state index contributed by atoms with van der Waals surface area (Å²) in [5.74, 6) is -0.325. The van der Waals surface area contributed by atoms with Gasteiger partial charge in [0.2, 0.25) is 5.91 Å². The van der Waals surface area contributed by atoms with E-state index in [0.29, 0.717) is 0 Å². The topological polar surface area (TPSA) is 77.0 Å². The molecule has 0 spiro atoms. The van der Waals surface area contributed by atoms with Crippen molar-refractivity contribution < 1.29 is 4.79 Å². The van der Waals surface area contributed by atoms with Crippen LogP contribution in [0.4, 0.5) is 0 Å². The van der Waals surface area contributed by atoms with Crippen LogP contribution < -0.4 is 5.73 Å². The predicted molar refractivity (Wildman–Crippen MR) is 71.6 cm³/mol. The van der Waals surface area contributed by atoms with E-state index in [-0.39, 0.29) is 18.5 Å². The molecule has 19 heavy (non-hydrogen) atoms. The molecule has 1 atom stereocenters. The lowest BCUT2D eigenvalue weighted by atomic mass is 10.1. The Balaban J connectivity index is 2.12. The van der Waals surface area contributed by atoms with Gasteiger partial charge in [-0.15, -0.1) is 0 Å². The Bertz CT molecular complexity index is 535. The fourth-order valence-electron chi connectivity index (χ4n) is 1.88. The molecule has 6 nitrogen and oxygen atoms in total. The minimum atomic E-state index is -0.325. The number of likely N-dealkylation sites (N-methyl/N-ethyl adjacent to an activating group) is 1. The molecule has 1 amide bonds. The lowest BCUT2D eigenvalue weighted by Gasteiger charge is -2.23. The Morgan fingerprint density at radius 3 is 2.63 bits per heavy atom. The van der Waals surface area contributed by atoms with Crippen LogP contribution in [0.3, 0.4) is 0 Å². The number of carbonyl (C=O) groups excluding carboxylic acids is 1. The standard InChI is InChI=1S/C13H17N5O/c1-10(17(2)7-13(14)19)11-3-5-12(6-4-11)18-9-15-8-16-18/h3-6,8-10H,7H2,1-2H3,(H2,14,19)/t10-/m1/s1. The summed E-state index contributed by atoms with van der Waals surface area (Å²) in [6.45, 7) is 2.28. The Labute approximate surface area is 111 Å². The summed E-state index contributed by atoms with van der Waals surface area (Å²) in [5.41, 5.74) is 7.27. The maximum absolute atomic E-state index is 10.9. The monoisotopic (exact) mass is 259 g/mol. The van der Waals surface area contributed by atoms with Crippen LogP contribution in [0.1, 0.15) is 18.5 Å². The lowest BCUT2D eigenvalue weighted by Crippen LogP contribution is -2.32. The molecule has 0 aliphatic rings. The van der Waals surface area contributed by atoms with E-state index in [1.54, 1.807) is 11.0 Å². The van der Waals surface area contributed by atoms with E-state index < -0.39 is 0 Å². The van der Waals surface area contributed by atoms with Crippen LogP contribution in [-0.4, -0.2) is 39.2 Å². The lowest BCUT2D eigenvalue weighted by molar-refractivity contribution is -0.119. The van der Waals surface area contributed by atoms with E-state index in [1.165, 1.54) is 6.33 Å². The minimum absolute atomic E-state index is 0.122. The number of benzene rings is 1. The van der Waals surface area contributed by atoms with Gasteiger partial charge >= 0.3 is 0 Å². The van der Waals surface area contributed by atoms with E-state index in [0.717, 1.165) is 11.3 Å². The maximum atomic E-state index is 10.9. The number of rotatable bonds is 5. The number of nitrogens with zero attached hydrogens (tertiary/aromatic N) is 4. The number of nitrogens with two attached hydrogens (primary N) is 1. The summed E-state index contributed by atoms with van der Waals surface area (Å²) in [4.78, 5) is 16.7. The Hall–Kier alpha value is -2.21. The average molecular weight is 259 g/mol. The molecule has 2 aromatic rings. The van der Waals surface area contributed by atoms with Gasteiger partial charge in [0.15, 0.2) is 0 Å². The summed E-state index contributed by atoms with van der Waals surface area (Å²) in [6, 6.07) is 8.09. The average Bonchev–Trinajstić information content (AvgIpc) is 2.91. The number of aromatic nitrogens is 3. The van der Waals surface area contributed by atoms with Crippen LogP contribution in [0.2, 0.25) is 0 Å². The van der Waals surface area contributed by atoms with Crippen molar-refractivity contribution in [2.45, 2.75) is 13.0 Å². The van der Waals surface area contributed by atoms with E-state index >= 15 is 0 Å². The second kappa shape index (κ2) is 5.62. The van der Waals surface area contributed by atoms with Gasteiger partial charge < -0.3 is 5.73 Å². The van der Waals surface area contributed by atoms with Crippen molar-refractivity contribution in [3.8, 4) is 5.69 Å². The highest BCUT2D eigenvalue weighted by atomic mass is 16.1. The Morgan fingerprint density at radius 1 is 1.42 bits per heavy atom. The number of amides is 1. The molecule has 1 aromatic carbocycles. The molecule has 0 radical (unpaired) electrons. The van der Waals surface area contributed by atoms with E-state index in [2.05, 4.69) is 10.1 Å². The fourth-order valence-corrected chi connectivity index (χ4v) is 1.88. The third-order valence-corrected chi connectivity index (χ3v) is 3.13. The van der Waals surface area contributed by atoms with Gasteiger partial charge in [-0.3, -0.25) is 9.69 Å². The SMILES string of the molecule is C[C@H](c1ccc(-n2cncn2)cc1)N(C)CC(N)=O. The molecule has 1 aromatic heterocycles. The summed E-state index contributed by atoms with van der Waals surface area (Å²) in [6.07, 6.45) is 3.15. The molecule has 0 fully saturated rings. The van der Waals surface area contributed by atoms with Crippen LogP contribution in [0.15, 0.2) is 36.9 Å². The van der Waals surface area contributed by atoms with Crippen LogP contribution in [-0.2, 0) is 4.79 Å². The highest BCUT2D eigenvalue weighted by Crippen LogP contribution is 2.19. The van der Waals surface area contributed by atoms with Crippen LogP contribution in [0.5, 0.6) is 0 Å². The van der Waals surface area contributed by atoms with Crippen molar-refractivity contribution in [2.24, 2.45) is 5.73 Å². The first-order chi connectivity index (χ1) is 9.08. The maximum Gasteiger partial charge on any atom is 0.231 e. The smallest absolute Gasteiger partial charge is 0.231 e. The van der Waals surface area contributed by atoms with E-state index in [4.69, 9.17) is 5.73 Å². The molecular formula is C13H17N5O. The number of carbonyl (C=O) groups is 1. The van der Waals surface area contributed by atoms with Crippen molar-refractivity contribution in [3.63, 3.8) is 0 Å². The normalized spacial score (nSPS) is 12.6. The summed E-state index contributed by atoms with van der Waals surface area (Å²) in [5, 5.41) is 4.07. The van der Waals surface area contributed by atoms with Crippen LogP contribution >= 0.6 is 0 Å². The van der Waals surface area contributed by atoms with Crippen molar-refractivity contribution in [1.29, 1.82) is 0 Å². The zero-order valence-corrected chi connectivity index (χ0v) is 11.0. The zero-order chi connectivity index (χ0) is 13.8. The van der Waals surface area contributed by atoms with Gasteiger partial charge in [-0.25, -0.2) is 9.67 Å².